The fourth-order valence-corrected chi connectivity index (χ4v) is 2.31. The summed E-state index contributed by atoms with van der Waals surface area (Å²) in [6, 6.07) is 6.33. The molecule has 1 N–H and O–H groups in total. The summed E-state index contributed by atoms with van der Waals surface area (Å²) in [7, 11) is 2.06. The van der Waals surface area contributed by atoms with Gasteiger partial charge in [-0.05, 0) is 18.2 Å². The van der Waals surface area contributed by atoms with Gasteiger partial charge in [0, 0.05) is 10.4 Å². The fourth-order valence-electron chi connectivity index (χ4n) is 1.95. The van der Waals surface area contributed by atoms with Crippen LogP contribution < -0.4 is 4.68 Å². The minimum Gasteiger partial charge on any atom is -0.165 e. The maximum atomic E-state index is 3.50. The van der Waals surface area contributed by atoms with Crippen molar-refractivity contribution in [3.8, 4) is 0 Å². The van der Waals surface area contributed by atoms with E-state index in [9.17, 15) is 0 Å². The van der Waals surface area contributed by atoms with Crippen LogP contribution >= 0.6 is 15.9 Å². The number of nitrogens with zero attached hydrogens (tertiary/aromatic N) is 1. The van der Waals surface area contributed by atoms with E-state index in [0.29, 0.717) is 5.92 Å². The summed E-state index contributed by atoms with van der Waals surface area (Å²) in [6.45, 7) is 4.42. The van der Waals surface area contributed by atoms with Crippen LogP contribution in [0.4, 0.5) is 0 Å². The van der Waals surface area contributed by atoms with E-state index >= 15 is 0 Å². The molecule has 0 unspecified atom stereocenters. The average molecular weight is 254 g/mol. The predicted octanol–water partition coefficient (Wildman–Crippen LogP) is 2.88. The van der Waals surface area contributed by atoms with Gasteiger partial charge in [-0.25, -0.2) is 0 Å². The fraction of sp³-hybridized carbons (Fsp3) is 0.364. The van der Waals surface area contributed by atoms with E-state index in [2.05, 4.69) is 64.8 Å². The maximum absolute atomic E-state index is 3.50. The number of halogens is 1. The molecule has 0 atom stereocenters. The molecule has 0 radical (unpaired) electrons. The third-order valence-corrected chi connectivity index (χ3v) is 2.95. The molecule has 1 aromatic heterocycles. The molecule has 1 aromatic carbocycles. The number of H-pyrrole nitrogens is 1. The quantitative estimate of drug-likeness (QED) is 0.755. The van der Waals surface area contributed by atoms with Crippen LogP contribution in [0, 0.1) is 0 Å². The smallest absolute Gasteiger partial charge is 0.165 e. The van der Waals surface area contributed by atoms with E-state index in [1.165, 1.54) is 16.6 Å². The lowest BCUT2D eigenvalue weighted by atomic mass is 10.1. The summed E-state index contributed by atoms with van der Waals surface area (Å²) >= 11 is 3.50. The summed E-state index contributed by atoms with van der Waals surface area (Å²) in [6.07, 6.45) is 0. The largest absolute Gasteiger partial charge is 0.217 e. The Kier molecular flexibility index (Phi) is 2.35. The molecule has 0 spiro atoms. The highest BCUT2D eigenvalue weighted by molar-refractivity contribution is 9.10. The van der Waals surface area contributed by atoms with Crippen molar-refractivity contribution in [2.45, 2.75) is 19.8 Å². The number of aromatic nitrogens is 2. The van der Waals surface area contributed by atoms with E-state index < -0.39 is 0 Å². The van der Waals surface area contributed by atoms with Crippen molar-refractivity contribution in [3.63, 3.8) is 0 Å². The Morgan fingerprint density at radius 3 is 2.71 bits per heavy atom. The Labute approximate surface area is 92.0 Å². The second-order valence-corrected chi connectivity index (χ2v) is 4.82. The van der Waals surface area contributed by atoms with Gasteiger partial charge in [0.2, 0.25) is 5.69 Å². The number of aryl methyl sites for hydroxylation is 1. The van der Waals surface area contributed by atoms with E-state index in [0.717, 1.165) is 4.47 Å². The zero-order valence-electron chi connectivity index (χ0n) is 8.63. The van der Waals surface area contributed by atoms with Gasteiger partial charge in [0.25, 0.3) is 0 Å². The molecule has 0 fully saturated rings. The summed E-state index contributed by atoms with van der Waals surface area (Å²) < 4.78 is 3.23. The molecular formula is C11H14BrN2+. The second kappa shape index (κ2) is 3.39. The highest BCUT2D eigenvalue weighted by Crippen LogP contribution is 2.24. The van der Waals surface area contributed by atoms with Gasteiger partial charge in [-0.1, -0.05) is 29.8 Å². The third kappa shape index (κ3) is 1.46. The number of hydrogen-bond acceptors (Lipinski definition) is 0. The molecule has 2 aromatic rings. The standard InChI is InChI=1S/C11H13BrN2/c1-7(2)11-9-6-8(12)4-5-10(9)13-14(11)3/h4-7H,1-3H3/p+1. The first-order valence-corrected chi connectivity index (χ1v) is 5.56. The number of benzene rings is 1. The zero-order valence-corrected chi connectivity index (χ0v) is 10.2. The van der Waals surface area contributed by atoms with Crippen LogP contribution in [0.15, 0.2) is 22.7 Å². The molecule has 0 amide bonds. The van der Waals surface area contributed by atoms with Crippen molar-refractivity contribution < 1.29 is 4.68 Å². The lowest BCUT2D eigenvalue weighted by molar-refractivity contribution is -0.732. The number of nitrogens with one attached hydrogen (secondary N) is 1. The molecule has 0 aliphatic carbocycles. The van der Waals surface area contributed by atoms with E-state index in [4.69, 9.17) is 0 Å². The summed E-state index contributed by atoms with van der Waals surface area (Å²) in [4.78, 5) is 0. The number of rotatable bonds is 1. The van der Waals surface area contributed by atoms with Gasteiger partial charge in [0.15, 0.2) is 7.05 Å². The van der Waals surface area contributed by atoms with Crippen LogP contribution in [0.1, 0.15) is 25.5 Å². The van der Waals surface area contributed by atoms with Crippen LogP contribution in [-0.2, 0) is 7.05 Å². The summed E-state index contributed by atoms with van der Waals surface area (Å²) in [5.74, 6) is 0.531. The Morgan fingerprint density at radius 2 is 2.07 bits per heavy atom. The lowest BCUT2D eigenvalue weighted by Crippen LogP contribution is -2.34. The number of aromatic amines is 1. The Hall–Kier alpha value is -0.830. The van der Waals surface area contributed by atoms with Crippen LogP contribution in [0.25, 0.3) is 10.9 Å². The SMILES string of the molecule is CC(C)c1c2cc(Br)ccc2[nH][n+]1C. The van der Waals surface area contributed by atoms with Gasteiger partial charge in [0.05, 0.1) is 5.39 Å². The van der Waals surface area contributed by atoms with E-state index in [-0.39, 0.29) is 0 Å². The predicted molar refractivity (Wildman–Crippen MR) is 61.3 cm³/mol. The first kappa shape index (κ1) is 9.71. The summed E-state index contributed by atoms with van der Waals surface area (Å²) in [5, 5.41) is 4.63. The molecule has 14 heavy (non-hydrogen) atoms. The van der Waals surface area contributed by atoms with Crippen LogP contribution in [-0.4, -0.2) is 5.10 Å². The molecular weight excluding hydrogens is 240 g/mol. The van der Waals surface area contributed by atoms with Gasteiger partial charge < -0.3 is 0 Å². The molecule has 0 saturated carbocycles. The van der Waals surface area contributed by atoms with Crippen molar-refractivity contribution in [2.75, 3.05) is 0 Å². The van der Waals surface area contributed by atoms with Crippen LogP contribution in [0.5, 0.6) is 0 Å². The molecule has 2 rings (SSSR count). The lowest BCUT2D eigenvalue weighted by Gasteiger charge is -1.97. The normalized spacial score (nSPS) is 11.5. The van der Waals surface area contributed by atoms with Crippen LogP contribution in [0.3, 0.4) is 0 Å². The van der Waals surface area contributed by atoms with Gasteiger partial charge in [0.1, 0.15) is 5.52 Å². The first-order valence-electron chi connectivity index (χ1n) is 4.76. The Balaban J connectivity index is 2.79. The van der Waals surface area contributed by atoms with Crippen LogP contribution in [0.2, 0.25) is 0 Å². The minimum absolute atomic E-state index is 0.531. The molecule has 0 bridgehead atoms. The van der Waals surface area contributed by atoms with Crippen molar-refractivity contribution in [3.05, 3.63) is 28.4 Å². The number of hydrogen-bond donors (Lipinski definition) is 1. The third-order valence-electron chi connectivity index (χ3n) is 2.45. The minimum atomic E-state index is 0.531. The van der Waals surface area contributed by atoms with Gasteiger partial charge >= 0.3 is 0 Å². The topological polar surface area (TPSA) is 19.7 Å². The van der Waals surface area contributed by atoms with E-state index in [1.54, 1.807) is 0 Å². The highest BCUT2D eigenvalue weighted by atomic mass is 79.9. The van der Waals surface area contributed by atoms with Gasteiger partial charge in [-0.2, -0.15) is 5.10 Å². The van der Waals surface area contributed by atoms with E-state index in [1.807, 2.05) is 0 Å². The maximum Gasteiger partial charge on any atom is 0.217 e. The zero-order chi connectivity index (χ0) is 10.3. The molecule has 74 valence electrons. The van der Waals surface area contributed by atoms with Gasteiger partial charge in [-0.3, -0.25) is 0 Å². The molecule has 0 aliphatic rings. The summed E-state index contributed by atoms with van der Waals surface area (Å²) in [5.41, 5.74) is 2.54. The number of fused-ring (bicyclic) bond motifs is 1. The Bertz CT molecular complexity index is 471. The molecule has 2 nitrogen and oxygen atoms in total. The van der Waals surface area contributed by atoms with Crippen molar-refractivity contribution >= 4 is 26.8 Å². The van der Waals surface area contributed by atoms with Crippen molar-refractivity contribution in [2.24, 2.45) is 7.05 Å². The highest BCUT2D eigenvalue weighted by Gasteiger charge is 2.19. The van der Waals surface area contributed by atoms with Crippen molar-refractivity contribution in [1.29, 1.82) is 0 Å². The molecule has 3 heteroatoms. The first-order chi connectivity index (χ1) is 6.59. The average Bonchev–Trinajstić information content (AvgIpc) is 2.40. The molecule has 1 heterocycles. The monoisotopic (exact) mass is 253 g/mol. The molecule has 0 saturated heterocycles. The molecule has 0 aliphatic heterocycles. The second-order valence-electron chi connectivity index (χ2n) is 3.90. The Morgan fingerprint density at radius 1 is 1.36 bits per heavy atom. The van der Waals surface area contributed by atoms with Gasteiger partial charge in [-0.15, -0.1) is 4.68 Å². The van der Waals surface area contributed by atoms with Crippen molar-refractivity contribution in [1.82, 2.24) is 5.10 Å².